The minimum absolute atomic E-state index is 0.108. The number of hydrogen-bond donors (Lipinski definition) is 2. The van der Waals surface area contributed by atoms with Crippen molar-refractivity contribution in [3.05, 3.63) is 63.7 Å². The van der Waals surface area contributed by atoms with Crippen LogP contribution in [0.4, 0.5) is 0 Å². The summed E-state index contributed by atoms with van der Waals surface area (Å²) in [5.41, 5.74) is 2.92. The van der Waals surface area contributed by atoms with Crippen molar-refractivity contribution in [1.29, 1.82) is 0 Å². The van der Waals surface area contributed by atoms with Gasteiger partial charge in [0, 0.05) is 55.1 Å². The third-order valence-electron chi connectivity index (χ3n) is 6.82. The van der Waals surface area contributed by atoms with E-state index in [1.165, 1.54) is 6.20 Å². The van der Waals surface area contributed by atoms with Gasteiger partial charge in [-0.25, -0.2) is 14.8 Å². The van der Waals surface area contributed by atoms with Gasteiger partial charge in [-0.15, -0.1) is 0 Å². The van der Waals surface area contributed by atoms with E-state index < -0.39 is 11.2 Å². The van der Waals surface area contributed by atoms with Crippen molar-refractivity contribution in [3.8, 4) is 11.3 Å². The van der Waals surface area contributed by atoms with E-state index in [0.29, 0.717) is 60.0 Å². The number of piperidine rings is 1. The Balaban J connectivity index is 1.56. The fourth-order valence-electron chi connectivity index (χ4n) is 5.05. The number of amides is 1. The number of H-pyrrole nitrogens is 2. The Morgan fingerprint density at radius 1 is 1.11 bits per heavy atom. The number of nitrogens with one attached hydrogen (secondary N) is 2. The van der Waals surface area contributed by atoms with Gasteiger partial charge in [-0.3, -0.25) is 24.1 Å². The number of nitrogens with zero attached hydrogens (tertiary/aromatic N) is 5. The van der Waals surface area contributed by atoms with Crippen molar-refractivity contribution in [2.45, 2.75) is 32.2 Å². The van der Waals surface area contributed by atoms with Gasteiger partial charge in [-0.1, -0.05) is 6.92 Å². The average Bonchev–Trinajstić information content (AvgIpc) is 3.32. The molecule has 5 aromatic rings. The number of rotatable bonds is 3. The highest BCUT2D eigenvalue weighted by Gasteiger charge is 2.26. The minimum atomic E-state index is -0.488. The molecule has 0 spiro atoms. The molecular weight excluding hydrogens is 446 g/mol. The van der Waals surface area contributed by atoms with Crippen LogP contribution in [0.25, 0.3) is 44.2 Å². The van der Waals surface area contributed by atoms with E-state index in [0.717, 1.165) is 16.6 Å². The number of carbonyl (C=O) groups excluding carboxylic acids is 1. The smallest absolute Gasteiger partial charge is 0.329 e. The molecular formula is C25H23N7O3. The van der Waals surface area contributed by atoms with Crippen LogP contribution >= 0.6 is 0 Å². The first-order valence-electron chi connectivity index (χ1n) is 11.7. The minimum Gasteiger partial charge on any atom is -0.345 e. The zero-order valence-corrected chi connectivity index (χ0v) is 19.1. The van der Waals surface area contributed by atoms with Gasteiger partial charge < -0.3 is 9.88 Å². The Kier molecular flexibility index (Phi) is 4.94. The number of aromatic amines is 2. The molecule has 0 bridgehead atoms. The van der Waals surface area contributed by atoms with Gasteiger partial charge in [0.15, 0.2) is 0 Å². The summed E-state index contributed by atoms with van der Waals surface area (Å²) >= 11 is 0. The van der Waals surface area contributed by atoms with Crippen LogP contribution in [-0.2, 0) is 4.79 Å². The molecule has 1 aliphatic rings. The van der Waals surface area contributed by atoms with E-state index in [9.17, 15) is 14.4 Å². The normalized spacial score (nSPS) is 14.8. The SMILES string of the molecule is CCC(=O)N1CCC(n2c(=O)[nH]c(=O)c3cnc4ccc(-c5c[nH]c6ncccc56)nc4c32)CC1. The van der Waals surface area contributed by atoms with Crippen LogP contribution in [0, 0.1) is 0 Å². The van der Waals surface area contributed by atoms with Crippen LogP contribution in [-0.4, -0.2) is 53.4 Å². The standard InChI is InChI=1S/C25H23N7O3/c1-2-20(33)31-10-7-14(8-11-31)32-22-17(24(34)30-25(32)35)13-27-19-6-5-18(29-21(19)22)16-12-28-23-15(16)4-3-9-26-23/h3-6,9,12-14H,2,7-8,10-11H2,1H3,(H,26,28)(H,30,34,35). The monoisotopic (exact) mass is 469 g/mol. The predicted molar refractivity (Wildman–Crippen MR) is 132 cm³/mol. The van der Waals surface area contributed by atoms with Crippen molar-refractivity contribution in [2.24, 2.45) is 0 Å². The average molecular weight is 470 g/mol. The number of carbonyl (C=O) groups is 1. The summed E-state index contributed by atoms with van der Waals surface area (Å²) in [5.74, 6) is 0.108. The zero-order chi connectivity index (χ0) is 24.1. The molecule has 6 rings (SSSR count). The molecule has 10 nitrogen and oxygen atoms in total. The molecule has 0 aliphatic carbocycles. The lowest BCUT2D eigenvalue weighted by Gasteiger charge is -2.33. The molecule has 0 aromatic carbocycles. The maximum absolute atomic E-state index is 13.1. The van der Waals surface area contributed by atoms with Crippen molar-refractivity contribution in [3.63, 3.8) is 0 Å². The molecule has 10 heteroatoms. The third kappa shape index (κ3) is 3.40. The van der Waals surface area contributed by atoms with Gasteiger partial charge in [-0.05, 0) is 37.1 Å². The van der Waals surface area contributed by atoms with Crippen LogP contribution in [0.1, 0.15) is 32.2 Å². The van der Waals surface area contributed by atoms with Gasteiger partial charge in [-0.2, -0.15) is 0 Å². The van der Waals surface area contributed by atoms with E-state index >= 15 is 0 Å². The lowest BCUT2D eigenvalue weighted by atomic mass is 10.0. The molecule has 6 heterocycles. The summed E-state index contributed by atoms with van der Waals surface area (Å²) < 4.78 is 1.64. The van der Waals surface area contributed by atoms with Crippen LogP contribution < -0.4 is 11.2 Å². The summed E-state index contributed by atoms with van der Waals surface area (Å²) in [7, 11) is 0. The molecule has 176 valence electrons. The second-order valence-electron chi connectivity index (χ2n) is 8.78. The first kappa shape index (κ1) is 21.2. The quantitative estimate of drug-likeness (QED) is 0.391. The van der Waals surface area contributed by atoms with Gasteiger partial charge >= 0.3 is 5.69 Å². The molecule has 5 aromatic heterocycles. The third-order valence-corrected chi connectivity index (χ3v) is 6.82. The molecule has 0 saturated carbocycles. The second kappa shape index (κ2) is 8.15. The van der Waals surface area contributed by atoms with Crippen LogP contribution in [0.2, 0.25) is 0 Å². The van der Waals surface area contributed by atoms with Gasteiger partial charge in [0.05, 0.1) is 22.1 Å². The van der Waals surface area contributed by atoms with E-state index in [2.05, 4.69) is 19.9 Å². The Labute approximate surface area is 198 Å². The molecule has 35 heavy (non-hydrogen) atoms. The molecule has 1 saturated heterocycles. The van der Waals surface area contributed by atoms with Crippen LogP contribution in [0.3, 0.4) is 0 Å². The first-order valence-corrected chi connectivity index (χ1v) is 11.7. The maximum Gasteiger partial charge on any atom is 0.329 e. The van der Waals surface area contributed by atoms with Crippen molar-refractivity contribution in [2.75, 3.05) is 13.1 Å². The summed E-state index contributed by atoms with van der Waals surface area (Å²) in [5, 5.41) is 1.24. The molecule has 1 amide bonds. The summed E-state index contributed by atoms with van der Waals surface area (Å²) in [6.45, 7) is 2.98. The first-order chi connectivity index (χ1) is 17.0. The predicted octanol–water partition coefficient (Wildman–Crippen LogP) is 2.75. The van der Waals surface area contributed by atoms with Crippen molar-refractivity contribution < 1.29 is 4.79 Å². The summed E-state index contributed by atoms with van der Waals surface area (Å²) in [4.78, 5) is 59.1. The Hall–Kier alpha value is -4.34. The summed E-state index contributed by atoms with van der Waals surface area (Å²) in [6, 6.07) is 7.39. The number of hydrogen-bond acceptors (Lipinski definition) is 6. The Bertz CT molecular complexity index is 1720. The molecule has 2 N–H and O–H groups in total. The van der Waals surface area contributed by atoms with E-state index in [4.69, 9.17) is 4.98 Å². The van der Waals surface area contributed by atoms with Crippen molar-refractivity contribution in [1.82, 2.24) is 34.4 Å². The van der Waals surface area contributed by atoms with Gasteiger partial charge in [0.1, 0.15) is 11.2 Å². The fraction of sp³-hybridized carbons (Fsp3) is 0.280. The maximum atomic E-state index is 13.1. The van der Waals surface area contributed by atoms with Gasteiger partial charge in [0.25, 0.3) is 5.56 Å². The van der Waals surface area contributed by atoms with Crippen molar-refractivity contribution >= 4 is 38.9 Å². The van der Waals surface area contributed by atoms with Gasteiger partial charge in [0.2, 0.25) is 5.91 Å². The van der Waals surface area contributed by atoms with Crippen LogP contribution in [0.5, 0.6) is 0 Å². The highest BCUT2D eigenvalue weighted by atomic mass is 16.2. The van der Waals surface area contributed by atoms with E-state index in [-0.39, 0.29) is 11.9 Å². The van der Waals surface area contributed by atoms with E-state index in [1.807, 2.05) is 42.3 Å². The number of aromatic nitrogens is 6. The second-order valence-corrected chi connectivity index (χ2v) is 8.78. The highest BCUT2D eigenvalue weighted by Crippen LogP contribution is 2.31. The number of fused-ring (bicyclic) bond motifs is 4. The topological polar surface area (TPSA) is 130 Å². The zero-order valence-electron chi connectivity index (χ0n) is 19.1. The largest absolute Gasteiger partial charge is 0.345 e. The lowest BCUT2D eigenvalue weighted by molar-refractivity contribution is -0.132. The summed E-state index contributed by atoms with van der Waals surface area (Å²) in [6.07, 6.45) is 6.76. The Morgan fingerprint density at radius 3 is 2.74 bits per heavy atom. The Morgan fingerprint density at radius 2 is 1.94 bits per heavy atom. The molecule has 0 unspecified atom stereocenters. The molecule has 1 aliphatic heterocycles. The number of likely N-dealkylation sites (tertiary alicyclic amines) is 1. The highest BCUT2D eigenvalue weighted by molar-refractivity contribution is 6.02. The number of pyridine rings is 3. The molecule has 0 atom stereocenters. The fourth-order valence-corrected chi connectivity index (χ4v) is 5.05. The lowest BCUT2D eigenvalue weighted by Crippen LogP contribution is -2.42. The van der Waals surface area contributed by atoms with Crippen LogP contribution in [0.15, 0.2) is 52.4 Å². The van der Waals surface area contributed by atoms with E-state index in [1.54, 1.807) is 10.8 Å². The molecule has 1 fully saturated rings. The molecule has 0 radical (unpaired) electrons.